The predicted octanol–water partition coefficient (Wildman–Crippen LogP) is 1.55. The molecule has 0 fully saturated rings. The average molecular weight is 225 g/mol. The van der Waals surface area contributed by atoms with Crippen LogP contribution in [0.25, 0.3) is 0 Å². The number of amides is 1. The number of aliphatic hydroxyl groups excluding tert-OH is 1. The van der Waals surface area contributed by atoms with Gasteiger partial charge in [0, 0.05) is 5.69 Å². The third kappa shape index (κ3) is 3.13. The van der Waals surface area contributed by atoms with Crippen molar-refractivity contribution in [2.45, 2.75) is 13.8 Å². The van der Waals surface area contributed by atoms with Gasteiger partial charge in [0.05, 0.1) is 6.61 Å². The number of nitrogens with one attached hydrogen (secondary N) is 1. The monoisotopic (exact) mass is 225 g/mol. The van der Waals surface area contributed by atoms with E-state index in [1.165, 1.54) is 0 Å². The highest BCUT2D eigenvalue weighted by molar-refractivity contribution is 5.86. The molecule has 1 rings (SSSR count). The lowest BCUT2D eigenvalue weighted by Gasteiger charge is -2.10. The normalized spacial score (nSPS) is 9.94. The van der Waals surface area contributed by atoms with Gasteiger partial charge in [0.15, 0.2) is 0 Å². The Balaban J connectivity index is 2.73. The first-order chi connectivity index (χ1) is 7.54. The largest absolute Gasteiger partial charge is 0.508 e. The van der Waals surface area contributed by atoms with Crippen LogP contribution in [0.2, 0.25) is 0 Å². The molecule has 0 aliphatic heterocycles. The number of rotatable bonds is 3. The van der Waals surface area contributed by atoms with Crippen molar-refractivity contribution in [3.8, 4) is 5.75 Å². The molecule has 0 aromatic heterocycles. The summed E-state index contributed by atoms with van der Waals surface area (Å²) in [5, 5.41) is 20.4. The van der Waals surface area contributed by atoms with Crippen LogP contribution in [0.5, 0.6) is 5.75 Å². The van der Waals surface area contributed by atoms with Crippen LogP contribution in [-0.4, -0.2) is 29.5 Å². The minimum Gasteiger partial charge on any atom is -0.508 e. The van der Waals surface area contributed by atoms with Gasteiger partial charge in [-0.1, -0.05) is 0 Å². The first-order valence-corrected chi connectivity index (χ1v) is 4.89. The standard InChI is InChI=1S/C11H15NO4/c1-7-6-10(14)8(2)5-9(7)12-11(15)16-4-3-13/h5-6,13-14H,3-4H2,1-2H3,(H,12,15). The molecule has 1 amide bonds. The van der Waals surface area contributed by atoms with E-state index >= 15 is 0 Å². The van der Waals surface area contributed by atoms with E-state index in [4.69, 9.17) is 5.11 Å². The number of aryl methyl sites for hydroxylation is 2. The summed E-state index contributed by atoms with van der Waals surface area (Å²) in [5.74, 6) is 0.187. The summed E-state index contributed by atoms with van der Waals surface area (Å²) in [6.07, 6.45) is -0.623. The number of aliphatic hydroxyl groups is 1. The van der Waals surface area contributed by atoms with Gasteiger partial charge < -0.3 is 14.9 Å². The molecule has 0 aliphatic carbocycles. The molecule has 0 saturated carbocycles. The number of hydrogen-bond donors (Lipinski definition) is 3. The molecule has 0 bridgehead atoms. The second kappa shape index (κ2) is 5.37. The van der Waals surface area contributed by atoms with Crippen LogP contribution in [0.1, 0.15) is 11.1 Å². The van der Waals surface area contributed by atoms with Crippen LogP contribution >= 0.6 is 0 Å². The number of carbonyl (C=O) groups excluding carboxylic acids is 1. The van der Waals surface area contributed by atoms with Crippen LogP contribution in [0.15, 0.2) is 12.1 Å². The Morgan fingerprint density at radius 1 is 1.38 bits per heavy atom. The molecular formula is C11H15NO4. The highest BCUT2D eigenvalue weighted by Crippen LogP contribution is 2.24. The molecule has 88 valence electrons. The van der Waals surface area contributed by atoms with Gasteiger partial charge in [0.1, 0.15) is 12.4 Å². The Morgan fingerprint density at radius 3 is 2.69 bits per heavy atom. The molecule has 5 nitrogen and oxygen atoms in total. The summed E-state index contributed by atoms with van der Waals surface area (Å²) in [5.41, 5.74) is 1.99. The van der Waals surface area contributed by atoms with Gasteiger partial charge in [0.2, 0.25) is 0 Å². The van der Waals surface area contributed by atoms with Crippen molar-refractivity contribution in [1.82, 2.24) is 0 Å². The summed E-state index contributed by atoms with van der Waals surface area (Å²) in [6, 6.07) is 3.22. The smallest absolute Gasteiger partial charge is 0.411 e. The first kappa shape index (κ1) is 12.3. The van der Waals surface area contributed by atoms with Crippen LogP contribution in [0.4, 0.5) is 10.5 Å². The first-order valence-electron chi connectivity index (χ1n) is 4.89. The van der Waals surface area contributed by atoms with Crippen molar-refractivity contribution in [3.05, 3.63) is 23.3 Å². The SMILES string of the molecule is Cc1cc(NC(=O)OCCO)c(C)cc1O. The molecule has 0 unspecified atom stereocenters. The lowest BCUT2D eigenvalue weighted by Crippen LogP contribution is -2.16. The highest BCUT2D eigenvalue weighted by atomic mass is 16.6. The van der Waals surface area contributed by atoms with Crippen LogP contribution in [0.3, 0.4) is 0 Å². The van der Waals surface area contributed by atoms with Crippen molar-refractivity contribution < 1.29 is 19.7 Å². The van der Waals surface area contributed by atoms with Gasteiger partial charge in [-0.3, -0.25) is 5.32 Å². The zero-order valence-corrected chi connectivity index (χ0v) is 9.28. The fourth-order valence-corrected chi connectivity index (χ4v) is 1.22. The number of aromatic hydroxyl groups is 1. The number of anilines is 1. The van der Waals surface area contributed by atoms with E-state index in [0.717, 1.165) is 5.56 Å². The van der Waals surface area contributed by atoms with E-state index in [9.17, 15) is 9.90 Å². The van der Waals surface area contributed by atoms with Crippen molar-refractivity contribution in [3.63, 3.8) is 0 Å². The lowest BCUT2D eigenvalue weighted by atomic mass is 10.1. The number of carbonyl (C=O) groups is 1. The number of hydrogen-bond acceptors (Lipinski definition) is 4. The third-order valence-corrected chi connectivity index (χ3v) is 2.10. The second-order valence-electron chi connectivity index (χ2n) is 3.44. The van der Waals surface area contributed by atoms with Gasteiger partial charge in [0.25, 0.3) is 0 Å². The topological polar surface area (TPSA) is 78.8 Å². The van der Waals surface area contributed by atoms with E-state index in [1.807, 2.05) is 0 Å². The van der Waals surface area contributed by atoms with Gasteiger partial charge in [-0.25, -0.2) is 4.79 Å². The van der Waals surface area contributed by atoms with E-state index in [2.05, 4.69) is 10.1 Å². The van der Waals surface area contributed by atoms with Crippen molar-refractivity contribution >= 4 is 11.8 Å². The molecule has 0 radical (unpaired) electrons. The minimum atomic E-state index is -0.623. The molecule has 5 heteroatoms. The molecule has 0 saturated heterocycles. The fourth-order valence-electron chi connectivity index (χ4n) is 1.22. The Morgan fingerprint density at radius 2 is 2.06 bits per heavy atom. The van der Waals surface area contributed by atoms with Crippen molar-refractivity contribution in [1.29, 1.82) is 0 Å². The van der Waals surface area contributed by atoms with Gasteiger partial charge in [-0.15, -0.1) is 0 Å². The van der Waals surface area contributed by atoms with Gasteiger partial charge >= 0.3 is 6.09 Å². The number of phenols is 1. The zero-order valence-electron chi connectivity index (χ0n) is 9.28. The van der Waals surface area contributed by atoms with Crippen molar-refractivity contribution in [2.75, 3.05) is 18.5 Å². The van der Waals surface area contributed by atoms with E-state index in [-0.39, 0.29) is 19.0 Å². The molecule has 0 spiro atoms. The highest BCUT2D eigenvalue weighted by Gasteiger charge is 2.07. The molecule has 16 heavy (non-hydrogen) atoms. The molecule has 1 aromatic rings. The van der Waals surface area contributed by atoms with Crippen LogP contribution in [0, 0.1) is 13.8 Å². The maximum Gasteiger partial charge on any atom is 0.411 e. The third-order valence-electron chi connectivity index (χ3n) is 2.10. The summed E-state index contributed by atoms with van der Waals surface area (Å²) in [6.45, 7) is 3.25. The Kier molecular flexibility index (Phi) is 4.13. The number of ether oxygens (including phenoxy) is 1. The zero-order chi connectivity index (χ0) is 12.1. The van der Waals surface area contributed by atoms with Crippen LogP contribution < -0.4 is 5.32 Å². The molecular weight excluding hydrogens is 210 g/mol. The Bertz CT molecular complexity index is 390. The number of benzene rings is 1. The summed E-state index contributed by atoms with van der Waals surface area (Å²) >= 11 is 0. The van der Waals surface area contributed by atoms with E-state index < -0.39 is 6.09 Å². The molecule has 0 heterocycles. The van der Waals surface area contributed by atoms with E-state index in [0.29, 0.717) is 11.3 Å². The van der Waals surface area contributed by atoms with Crippen LogP contribution in [-0.2, 0) is 4.74 Å². The fraction of sp³-hybridized carbons (Fsp3) is 0.364. The quantitative estimate of drug-likeness (QED) is 0.682. The van der Waals surface area contributed by atoms with Gasteiger partial charge in [-0.2, -0.15) is 0 Å². The lowest BCUT2D eigenvalue weighted by molar-refractivity contribution is 0.131. The Hall–Kier alpha value is -1.75. The summed E-state index contributed by atoms with van der Waals surface area (Å²) in [7, 11) is 0. The molecule has 0 aliphatic rings. The average Bonchev–Trinajstić information content (AvgIpc) is 2.23. The Labute approximate surface area is 93.7 Å². The summed E-state index contributed by atoms with van der Waals surface area (Å²) < 4.78 is 4.66. The van der Waals surface area contributed by atoms with Gasteiger partial charge in [-0.05, 0) is 37.1 Å². The molecule has 0 atom stereocenters. The minimum absolute atomic E-state index is 0.0397. The second-order valence-corrected chi connectivity index (χ2v) is 3.44. The predicted molar refractivity (Wildman–Crippen MR) is 59.6 cm³/mol. The van der Waals surface area contributed by atoms with E-state index in [1.54, 1.807) is 26.0 Å². The van der Waals surface area contributed by atoms with Crippen molar-refractivity contribution in [2.24, 2.45) is 0 Å². The molecule has 1 aromatic carbocycles. The maximum absolute atomic E-state index is 11.2. The molecule has 3 N–H and O–H groups in total. The maximum atomic E-state index is 11.2. The number of phenolic OH excluding ortho intramolecular Hbond substituents is 1. The summed E-state index contributed by atoms with van der Waals surface area (Å²) in [4.78, 5) is 11.2.